The molecule has 0 radical (unpaired) electrons. The first-order chi connectivity index (χ1) is 11.2. The minimum absolute atomic E-state index is 0.0931. The Balaban J connectivity index is 1.84. The van der Waals surface area contributed by atoms with Gasteiger partial charge >= 0.3 is 0 Å². The molecule has 0 saturated heterocycles. The van der Waals surface area contributed by atoms with E-state index in [0.29, 0.717) is 5.75 Å². The highest BCUT2D eigenvalue weighted by Gasteiger charge is 2.03. The molecule has 0 bridgehead atoms. The van der Waals surface area contributed by atoms with Crippen LogP contribution >= 0.6 is 0 Å². The first kappa shape index (κ1) is 16.4. The van der Waals surface area contributed by atoms with E-state index < -0.39 is 0 Å². The van der Waals surface area contributed by atoms with Crippen LogP contribution in [0.2, 0.25) is 0 Å². The molecule has 0 aliphatic rings. The molecule has 0 fully saturated rings. The van der Waals surface area contributed by atoms with Crippen LogP contribution in [0.15, 0.2) is 53.6 Å². The Morgan fingerprint density at radius 3 is 2.74 bits per heavy atom. The Hall–Kier alpha value is -3.02. The highest BCUT2D eigenvalue weighted by molar-refractivity contribution is 5.84. The quantitative estimate of drug-likeness (QED) is 0.607. The highest BCUT2D eigenvalue weighted by Crippen LogP contribution is 2.22. The second kappa shape index (κ2) is 8.43. The first-order valence-corrected chi connectivity index (χ1v) is 7.06. The number of hydrazone groups is 1. The number of para-hydroxylation sites is 2. The summed E-state index contributed by atoms with van der Waals surface area (Å²) in [5.74, 6) is 1.16. The number of hydrogen-bond acceptors (Lipinski definition) is 5. The maximum atomic E-state index is 11.8. The zero-order valence-electron chi connectivity index (χ0n) is 13.1. The van der Waals surface area contributed by atoms with Crippen LogP contribution in [0.1, 0.15) is 5.56 Å². The number of carbonyl (C=O) groups excluding carboxylic acids is 1. The van der Waals surface area contributed by atoms with E-state index in [4.69, 9.17) is 9.47 Å². The molecule has 6 nitrogen and oxygen atoms in total. The topological polar surface area (TPSA) is 72.0 Å². The number of nitrogens with zero attached hydrogens (tertiary/aromatic N) is 1. The lowest BCUT2D eigenvalue weighted by molar-refractivity contribution is -0.119. The molecule has 0 aliphatic carbocycles. The number of hydrogen-bond donors (Lipinski definition) is 2. The molecule has 23 heavy (non-hydrogen) atoms. The summed E-state index contributed by atoms with van der Waals surface area (Å²) in [6.07, 6.45) is 1.56. The Labute approximate surface area is 135 Å². The molecule has 1 amide bonds. The summed E-state index contributed by atoms with van der Waals surface area (Å²) in [4.78, 5) is 11.8. The van der Waals surface area contributed by atoms with Gasteiger partial charge in [-0.2, -0.15) is 5.10 Å². The molecule has 0 saturated carbocycles. The predicted molar refractivity (Wildman–Crippen MR) is 90.2 cm³/mol. The summed E-state index contributed by atoms with van der Waals surface area (Å²) < 4.78 is 10.3. The van der Waals surface area contributed by atoms with E-state index in [1.54, 1.807) is 20.4 Å². The van der Waals surface area contributed by atoms with Crippen LogP contribution in [0, 0.1) is 0 Å². The fourth-order valence-electron chi connectivity index (χ4n) is 1.91. The first-order valence-electron chi connectivity index (χ1n) is 7.06. The third kappa shape index (κ3) is 5.03. The SMILES string of the molecule is COc1cccc(/C=N\NC(=O)CNc2ccccc2OC)c1. The number of nitrogens with one attached hydrogen (secondary N) is 2. The molecule has 2 aromatic carbocycles. The van der Waals surface area contributed by atoms with Gasteiger partial charge in [-0.15, -0.1) is 0 Å². The van der Waals surface area contributed by atoms with E-state index in [0.717, 1.165) is 17.0 Å². The van der Waals surface area contributed by atoms with E-state index in [1.807, 2.05) is 48.5 Å². The summed E-state index contributed by atoms with van der Waals surface area (Å²) in [6.45, 7) is 0.0931. The van der Waals surface area contributed by atoms with Gasteiger partial charge in [0.15, 0.2) is 0 Å². The lowest BCUT2D eigenvalue weighted by atomic mass is 10.2. The van der Waals surface area contributed by atoms with Crippen LogP contribution in [0.25, 0.3) is 0 Å². The lowest BCUT2D eigenvalue weighted by Gasteiger charge is -2.09. The van der Waals surface area contributed by atoms with Crippen molar-refractivity contribution in [1.29, 1.82) is 0 Å². The highest BCUT2D eigenvalue weighted by atomic mass is 16.5. The van der Waals surface area contributed by atoms with Gasteiger partial charge in [-0.25, -0.2) is 5.43 Å². The van der Waals surface area contributed by atoms with Gasteiger partial charge in [0, 0.05) is 0 Å². The van der Waals surface area contributed by atoms with Crippen molar-refractivity contribution in [3.8, 4) is 11.5 Å². The molecule has 0 aromatic heterocycles. The third-order valence-corrected chi connectivity index (χ3v) is 3.04. The second-order valence-electron chi connectivity index (χ2n) is 4.62. The number of methoxy groups -OCH3 is 2. The monoisotopic (exact) mass is 313 g/mol. The Kier molecular flexibility index (Phi) is 5.99. The van der Waals surface area contributed by atoms with Crippen molar-refractivity contribution in [3.63, 3.8) is 0 Å². The molecule has 0 unspecified atom stereocenters. The number of benzene rings is 2. The average Bonchev–Trinajstić information content (AvgIpc) is 2.60. The van der Waals surface area contributed by atoms with Crippen LogP contribution < -0.4 is 20.2 Å². The maximum absolute atomic E-state index is 11.8. The standard InChI is InChI=1S/C17H19N3O3/c1-22-14-7-5-6-13(10-14)11-19-20-17(21)12-18-15-8-3-4-9-16(15)23-2/h3-11,18H,12H2,1-2H3,(H,20,21)/b19-11-. The normalized spacial score (nSPS) is 10.3. The van der Waals surface area contributed by atoms with Gasteiger partial charge < -0.3 is 14.8 Å². The lowest BCUT2D eigenvalue weighted by Crippen LogP contribution is -2.26. The van der Waals surface area contributed by atoms with Crippen molar-refractivity contribution in [2.45, 2.75) is 0 Å². The maximum Gasteiger partial charge on any atom is 0.259 e. The van der Waals surface area contributed by atoms with Gasteiger partial charge in [-0.3, -0.25) is 4.79 Å². The van der Waals surface area contributed by atoms with Crippen LogP contribution in [0.3, 0.4) is 0 Å². The van der Waals surface area contributed by atoms with Gasteiger partial charge in [0.1, 0.15) is 11.5 Å². The Bertz CT molecular complexity index is 686. The van der Waals surface area contributed by atoms with Crippen molar-refractivity contribution in [3.05, 3.63) is 54.1 Å². The molecule has 0 spiro atoms. The van der Waals surface area contributed by atoms with Crippen molar-refractivity contribution < 1.29 is 14.3 Å². The number of amides is 1. The molecule has 6 heteroatoms. The minimum Gasteiger partial charge on any atom is -0.497 e. The summed E-state index contributed by atoms with van der Waals surface area (Å²) in [6, 6.07) is 14.8. The molecule has 2 N–H and O–H groups in total. The second-order valence-corrected chi connectivity index (χ2v) is 4.62. The van der Waals surface area contributed by atoms with Crippen LogP contribution in [0.5, 0.6) is 11.5 Å². The third-order valence-electron chi connectivity index (χ3n) is 3.04. The molecular weight excluding hydrogens is 294 g/mol. The fraction of sp³-hybridized carbons (Fsp3) is 0.176. The van der Waals surface area contributed by atoms with Crippen LogP contribution in [-0.2, 0) is 4.79 Å². The number of carbonyl (C=O) groups is 1. The zero-order valence-corrected chi connectivity index (χ0v) is 13.1. The van der Waals surface area contributed by atoms with Gasteiger partial charge in [0.25, 0.3) is 5.91 Å². The van der Waals surface area contributed by atoms with Crippen LogP contribution in [-0.4, -0.2) is 32.9 Å². The molecule has 120 valence electrons. The van der Waals surface area contributed by atoms with Crippen molar-refractivity contribution in [2.75, 3.05) is 26.1 Å². The van der Waals surface area contributed by atoms with E-state index in [2.05, 4.69) is 15.8 Å². The average molecular weight is 313 g/mol. The summed E-state index contributed by atoms with van der Waals surface area (Å²) in [7, 11) is 3.18. The predicted octanol–water partition coefficient (Wildman–Crippen LogP) is 2.27. The van der Waals surface area contributed by atoms with E-state index in [-0.39, 0.29) is 12.5 Å². The molecule has 0 heterocycles. The number of ether oxygens (including phenoxy) is 2. The molecule has 2 aromatic rings. The van der Waals surface area contributed by atoms with E-state index in [1.165, 1.54) is 0 Å². The Morgan fingerprint density at radius 1 is 1.13 bits per heavy atom. The van der Waals surface area contributed by atoms with Gasteiger partial charge in [-0.05, 0) is 29.8 Å². The molecule has 2 rings (SSSR count). The Morgan fingerprint density at radius 2 is 1.96 bits per heavy atom. The largest absolute Gasteiger partial charge is 0.497 e. The summed E-state index contributed by atoms with van der Waals surface area (Å²) in [5, 5.41) is 6.92. The molecular formula is C17H19N3O3. The van der Waals surface area contributed by atoms with Crippen molar-refractivity contribution >= 4 is 17.8 Å². The van der Waals surface area contributed by atoms with Crippen molar-refractivity contribution in [1.82, 2.24) is 5.43 Å². The van der Waals surface area contributed by atoms with E-state index >= 15 is 0 Å². The number of rotatable bonds is 7. The molecule has 0 aliphatic heterocycles. The molecule has 0 atom stereocenters. The smallest absolute Gasteiger partial charge is 0.259 e. The van der Waals surface area contributed by atoms with Crippen LogP contribution in [0.4, 0.5) is 5.69 Å². The number of anilines is 1. The van der Waals surface area contributed by atoms with Gasteiger partial charge in [0.2, 0.25) is 0 Å². The summed E-state index contributed by atoms with van der Waals surface area (Å²) in [5.41, 5.74) is 4.05. The zero-order chi connectivity index (χ0) is 16.5. The van der Waals surface area contributed by atoms with E-state index in [9.17, 15) is 4.79 Å². The fourth-order valence-corrected chi connectivity index (χ4v) is 1.91. The summed E-state index contributed by atoms with van der Waals surface area (Å²) >= 11 is 0. The van der Waals surface area contributed by atoms with Gasteiger partial charge in [0.05, 0.1) is 32.7 Å². The van der Waals surface area contributed by atoms with Crippen molar-refractivity contribution in [2.24, 2.45) is 5.10 Å². The van der Waals surface area contributed by atoms with Gasteiger partial charge in [-0.1, -0.05) is 24.3 Å². The minimum atomic E-state index is -0.255.